The van der Waals surface area contributed by atoms with Gasteiger partial charge in [-0.25, -0.2) is 9.97 Å². The van der Waals surface area contributed by atoms with E-state index < -0.39 is 11.9 Å². The maximum absolute atomic E-state index is 13.4. The minimum Gasteiger partial charge on any atom is -0.493 e. The number of hydrogen-bond donors (Lipinski definition) is 2. The highest BCUT2D eigenvalue weighted by Gasteiger charge is 2.33. The minimum absolute atomic E-state index is 0.199. The summed E-state index contributed by atoms with van der Waals surface area (Å²) in [4.78, 5) is 12.3. The van der Waals surface area contributed by atoms with Crippen LogP contribution in [0.5, 0.6) is 11.5 Å². The quantitative estimate of drug-likeness (QED) is 0.289. The maximum Gasteiger partial charge on any atom is 0.433 e. The number of piperidine rings is 1. The molecule has 3 aromatic rings. The van der Waals surface area contributed by atoms with Crippen LogP contribution in [0, 0.1) is 5.92 Å². The zero-order valence-electron chi connectivity index (χ0n) is 19.9. The average Bonchev–Trinajstić information content (AvgIpc) is 2.89. The molecule has 11 heteroatoms. The number of hydrogen-bond acceptors (Lipinski definition) is 7. The Morgan fingerprint density at radius 1 is 1.19 bits per heavy atom. The lowest BCUT2D eigenvalue weighted by Gasteiger charge is -2.22. The third-order valence-corrected chi connectivity index (χ3v) is 6.41. The van der Waals surface area contributed by atoms with Crippen LogP contribution in [0.15, 0.2) is 30.7 Å². The summed E-state index contributed by atoms with van der Waals surface area (Å²) >= 11 is 4.81. The molecule has 0 radical (unpaired) electrons. The fourth-order valence-electron chi connectivity index (χ4n) is 4.43. The van der Waals surface area contributed by atoms with Gasteiger partial charge in [-0.2, -0.15) is 13.2 Å². The van der Waals surface area contributed by atoms with Crippen molar-refractivity contribution in [2.75, 3.05) is 26.8 Å². The second kappa shape index (κ2) is 11.8. The molecule has 36 heavy (non-hydrogen) atoms. The summed E-state index contributed by atoms with van der Waals surface area (Å²) in [5.74, 6) is 1.66. The van der Waals surface area contributed by atoms with Crippen molar-refractivity contribution in [3.8, 4) is 22.8 Å². The van der Waals surface area contributed by atoms with Crippen molar-refractivity contribution in [2.45, 2.75) is 38.4 Å². The predicted molar refractivity (Wildman–Crippen MR) is 135 cm³/mol. The normalized spacial score (nSPS) is 16.1. The number of methoxy groups -OCH3 is 1. The first-order valence-electron chi connectivity index (χ1n) is 11.8. The molecule has 192 valence electrons. The van der Waals surface area contributed by atoms with Crippen LogP contribution in [-0.4, -0.2) is 47.2 Å². The molecule has 1 aliphatic heterocycles. The predicted octanol–water partition coefficient (Wildman–Crippen LogP) is 4.92. The van der Waals surface area contributed by atoms with Crippen LogP contribution < -0.4 is 20.1 Å². The molecule has 0 aliphatic carbocycles. The van der Waals surface area contributed by atoms with Gasteiger partial charge in [0.05, 0.1) is 30.4 Å². The molecule has 4 rings (SSSR count). The molecule has 1 saturated heterocycles. The van der Waals surface area contributed by atoms with Gasteiger partial charge in [0, 0.05) is 29.8 Å². The van der Waals surface area contributed by atoms with E-state index in [1.807, 2.05) is 0 Å². The standard InChI is InChI=1S/C25H28F3N5O2S/c1-34-21-8-19-20(10-22(21)35-7-3-5-16-4-2-6-29-11-16)32-14-33-24(19)18-9-23(25(26,27)28)31-13-17(18)12-30-15-36/h8-10,13-16,29H,2-7,11-12H2,1H3,(H,30,36). The van der Waals surface area contributed by atoms with Crippen molar-refractivity contribution >= 4 is 28.6 Å². The number of ether oxygens (including phenoxy) is 2. The lowest BCUT2D eigenvalue weighted by atomic mass is 9.95. The van der Waals surface area contributed by atoms with Crippen molar-refractivity contribution in [3.05, 3.63) is 42.0 Å². The van der Waals surface area contributed by atoms with E-state index in [4.69, 9.17) is 21.7 Å². The Kier molecular flexibility index (Phi) is 8.52. The van der Waals surface area contributed by atoms with Crippen LogP contribution in [0.3, 0.4) is 0 Å². The summed E-state index contributed by atoms with van der Waals surface area (Å²) in [6.07, 6.45) is 2.35. The zero-order chi connectivity index (χ0) is 25.5. The largest absolute Gasteiger partial charge is 0.493 e. The van der Waals surface area contributed by atoms with Crippen LogP contribution in [0.25, 0.3) is 22.2 Å². The summed E-state index contributed by atoms with van der Waals surface area (Å²) in [6.45, 7) is 2.87. The van der Waals surface area contributed by atoms with Crippen molar-refractivity contribution in [1.82, 2.24) is 25.6 Å². The number of nitrogens with one attached hydrogen (secondary N) is 2. The molecule has 3 heterocycles. The number of fused-ring (bicyclic) bond motifs is 1. The Hall–Kier alpha value is -3.05. The number of pyridine rings is 1. The van der Waals surface area contributed by atoms with Gasteiger partial charge in [-0.05, 0) is 62.4 Å². The van der Waals surface area contributed by atoms with Gasteiger partial charge in [0.1, 0.15) is 12.0 Å². The first-order valence-corrected chi connectivity index (χ1v) is 12.3. The minimum atomic E-state index is -4.60. The molecule has 2 N–H and O–H groups in total. The Balaban J connectivity index is 1.64. The van der Waals surface area contributed by atoms with Gasteiger partial charge < -0.3 is 20.1 Å². The molecule has 0 spiro atoms. The lowest BCUT2D eigenvalue weighted by molar-refractivity contribution is -0.141. The van der Waals surface area contributed by atoms with E-state index in [1.54, 1.807) is 12.1 Å². The van der Waals surface area contributed by atoms with Crippen LogP contribution in [0.2, 0.25) is 0 Å². The number of nitrogens with zero attached hydrogens (tertiary/aromatic N) is 3. The molecule has 1 unspecified atom stereocenters. The van der Waals surface area contributed by atoms with E-state index in [0.717, 1.165) is 32.0 Å². The van der Waals surface area contributed by atoms with Crippen LogP contribution >= 0.6 is 12.2 Å². The van der Waals surface area contributed by atoms with Crippen molar-refractivity contribution in [1.29, 1.82) is 0 Å². The summed E-state index contributed by atoms with van der Waals surface area (Å²) in [5.41, 5.74) is 1.97. The first-order chi connectivity index (χ1) is 17.4. The van der Waals surface area contributed by atoms with Gasteiger partial charge in [-0.15, -0.1) is 0 Å². The molecular formula is C25H28F3N5O2S. The Labute approximate surface area is 212 Å². The highest BCUT2D eigenvalue weighted by atomic mass is 32.1. The molecule has 0 bridgehead atoms. The van der Waals surface area contributed by atoms with Crippen LogP contribution in [0.1, 0.15) is 36.9 Å². The second-order valence-corrected chi connectivity index (χ2v) is 8.90. The van der Waals surface area contributed by atoms with Crippen LogP contribution in [0.4, 0.5) is 13.2 Å². The Bertz CT molecular complexity index is 1200. The number of benzene rings is 1. The topological polar surface area (TPSA) is 81.2 Å². The number of alkyl halides is 3. The lowest BCUT2D eigenvalue weighted by Crippen LogP contribution is -2.29. The highest BCUT2D eigenvalue weighted by molar-refractivity contribution is 7.78. The number of rotatable bonds is 10. The molecule has 1 atom stereocenters. The van der Waals surface area contributed by atoms with Gasteiger partial charge in [0.25, 0.3) is 0 Å². The van der Waals surface area contributed by atoms with E-state index in [1.165, 1.54) is 38.0 Å². The number of halogens is 3. The van der Waals surface area contributed by atoms with Gasteiger partial charge >= 0.3 is 6.18 Å². The van der Waals surface area contributed by atoms with E-state index in [2.05, 4.69) is 25.6 Å². The summed E-state index contributed by atoms with van der Waals surface area (Å²) < 4.78 is 51.9. The van der Waals surface area contributed by atoms with Crippen molar-refractivity contribution < 1.29 is 22.6 Å². The third kappa shape index (κ3) is 6.19. The molecule has 0 amide bonds. The van der Waals surface area contributed by atoms with E-state index in [9.17, 15) is 13.2 Å². The summed E-state index contributed by atoms with van der Waals surface area (Å²) in [6, 6.07) is 4.44. The molecular weight excluding hydrogens is 491 g/mol. The van der Waals surface area contributed by atoms with Gasteiger partial charge in [-0.3, -0.25) is 4.98 Å². The molecule has 1 fully saturated rings. The Morgan fingerprint density at radius 2 is 2.06 bits per heavy atom. The van der Waals surface area contributed by atoms with E-state index in [0.29, 0.717) is 46.2 Å². The van der Waals surface area contributed by atoms with Crippen molar-refractivity contribution in [2.24, 2.45) is 5.92 Å². The second-order valence-electron chi connectivity index (χ2n) is 8.67. The molecule has 0 saturated carbocycles. The zero-order valence-corrected chi connectivity index (χ0v) is 20.7. The first kappa shape index (κ1) is 26.0. The Morgan fingerprint density at radius 3 is 2.78 bits per heavy atom. The van der Waals surface area contributed by atoms with Gasteiger partial charge in [0.2, 0.25) is 0 Å². The fourth-order valence-corrected chi connectivity index (χ4v) is 4.51. The molecule has 2 aromatic heterocycles. The summed E-state index contributed by atoms with van der Waals surface area (Å²) in [7, 11) is 1.52. The SMILES string of the molecule is COc1cc2c(-c3cc(C(F)(F)F)ncc3CNC=S)ncnc2cc1OCCCC1CCCNC1. The smallest absolute Gasteiger partial charge is 0.433 e. The molecule has 1 aliphatic rings. The average molecular weight is 520 g/mol. The van der Waals surface area contributed by atoms with E-state index in [-0.39, 0.29) is 12.1 Å². The summed E-state index contributed by atoms with van der Waals surface area (Å²) in [5, 5.41) is 6.81. The maximum atomic E-state index is 13.4. The molecule has 7 nitrogen and oxygen atoms in total. The number of aromatic nitrogens is 3. The molecule has 1 aromatic carbocycles. The van der Waals surface area contributed by atoms with Gasteiger partial charge in [-0.1, -0.05) is 12.2 Å². The number of thiocarbonyl (C=S) groups is 1. The highest BCUT2D eigenvalue weighted by Crippen LogP contribution is 2.38. The fraction of sp³-hybridized carbons (Fsp3) is 0.440. The van der Waals surface area contributed by atoms with E-state index >= 15 is 0 Å². The van der Waals surface area contributed by atoms with Crippen molar-refractivity contribution in [3.63, 3.8) is 0 Å². The van der Waals surface area contributed by atoms with Crippen LogP contribution in [-0.2, 0) is 12.7 Å². The monoisotopic (exact) mass is 519 g/mol. The van der Waals surface area contributed by atoms with Gasteiger partial charge in [0.15, 0.2) is 11.5 Å². The third-order valence-electron chi connectivity index (χ3n) is 6.24.